The van der Waals surface area contributed by atoms with Crippen molar-refractivity contribution in [1.29, 1.82) is 0 Å². The number of aliphatic hydroxyl groups excluding tert-OH is 1. The highest BCUT2D eigenvalue weighted by atomic mass is 16.5. The van der Waals surface area contributed by atoms with E-state index in [-0.39, 0.29) is 12.0 Å². The molecule has 112 valence electrons. The molecule has 1 aromatic heterocycles. The van der Waals surface area contributed by atoms with Crippen molar-refractivity contribution >= 4 is 11.0 Å². The molecule has 0 aliphatic heterocycles. The maximum absolute atomic E-state index is 12.3. The zero-order chi connectivity index (χ0) is 15.7. The molecule has 4 nitrogen and oxygen atoms in total. The summed E-state index contributed by atoms with van der Waals surface area (Å²) in [4.78, 5) is 12.3. The number of benzene rings is 2. The number of hydrogen-bond donors (Lipinski definition) is 1. The molecule has 22 heavy (non-hydrogen) atoms. The highest BCUT2D eigenvalue weighted by Crippen LogP contribution is 2.27. The van der Waals surface area contributed by atoms with Crippen molar-refractivity contribution in [3.63, 3.8) is 0 Å². The average molecular weight is 296 g/mol. The van der Waals surface area contributed by atoms with E-state index in [1.54, 1.807) is 31.4 Å². The topological polar surface area (TPSA) is 59.7 Å². The van der Waals surface area contributed by atoms with Crippen LogP contribution in [-0.2, 0) is 6.61 Å². The van der Waals surface area contributed by atoms with E-state index in [1.165, 1.54) is 6.07 Å². The average Bonchev–Trinajstić information content (AvgIpc) is 2.54. The van der Waals surface area contributed by atoms with Crippen molar-refractivity contribution in [1.82, 2.24) is 0 Å². The highest BCUT2D eigenvalue weighted by Gasteiger charge is 2.09. The van der Waals surface area contributed by atoms with E-state index in [1.807, 2.05) is 19.1 Å². The van der Waals surface area contributed by atoms with Crippen LogP contribution >= 0.6 is 0 Å². The molecular weight excluding hydrogens is 280 g/mol. The number of ether oxygens (including phenoxy) is 1. The minimum atomic E-state index is -0.110. The molecule has 2 aromatic carbocycles. The van der Waals surface area contributed by atoms with Gasteiger partial charge in [-0.3, -0.25) is 4.79 Å². The van der Waals surface area contributed by atoms with Gasteiger partial charge in [0.1, 0.15) is 17.1 Å². The summed E-state index contributed by atoms with van der Waals surface area (Å²) in [5.74, 6) is 1.06. The molecule has 3 rings (SSSR count). The van der Waals surface area contributed by atoms with Crippen molar-refractivity contribution < 1.29 is 14.3 Å². The third kappa shape index (κ3) is 2.61. The lowest BCUT2D eigenvalue weighted by Crippen LogP contribution is -2.01. The second-order valence-electron chi connectivity index (χ2n) is 5.20. The maximum Gasteiger partial charge on any atom is 0.193 e. The van der Waals surface area contributed by atoms with Gasteiger partial charge in [0.2, 0.25) is 0 Å². The molecular formula is C18H16O4. The Morgan fingerprint density at radius 3 is 2.68 bits per heavy atom. The summed E-state index contributed by atoms with van der Waals surface area (Å²) in [6.45, 7) is 1.82. The first-order valence-electron chi connectivity index (χ1n) is 6.94. The fraction of sp³-hybridized carbons (Fsp3) is 0.167. The SMILES string of the molecule is COc1cc(CO)cc(-c2cc(=O)c3cc(C)ccc3o2)c1. The number of rotatable bonds is 3. The van der Waals surface area contributed by atoms with Gasteiger partial charge in [0.15, 0.2) is 5.43 Å². The second kappa shape index (κ2) is 5.66. The summed E-state index contributed by atoms with van der Waals surface area (Å²) in [5.41, 5.74) is 2.86. The quantitative estimate of drug-likeness (QED) is 0.806. The third-order valence-electron chi connectivity index (χ3n) is 3.55. The number of aliphatic hydroxyl groups is 1. The molecule has 0 atom stereocenters. The fourth-order valence-electron chi connectivity index (χ4n) is 2.42. The van der Waals surface area contributed by atoms with Crippen LogP contribution in [0.2, 0.25) is 0 Å². The van der Waals surface area contributed by atoms with Gasteiger partial charge >= 0.3 is 0 Å². The predicted octanol–water partition coefficient (Wildman–Crippen LogP) is 3.27. The molecule has 0 unspecified atom stereocenters. The van der Waals surface area contributed by atoms with Gasteiger partial charge in [-0.1, -0.05) is 11.6 Å². The second-order valence-corrected chi connectivity index (χ2v) is 5.20. The first kappa shape index (κ1) is 14.4. The Bertz CT molecular complexity index is 871. The Hall–Kier alpha value is -2.59. The lowest BCUT2D eigenvalue weighted by molar-refractivity contribution is 0.281. The molecule has 0 bridgehead atoms. The van der Waals surface area contributed by atoms with E-state index in [0.29, 0.717) is 33.6 Å². The van der Waals surface area contributed by atoms with Crippen molar-refractivity contribution in [2.24, 2.45) is 0 Å². The van der Waals surface area contributed by atoms with Crippen LogP contribution in [0.25, 0.3) is 22.3 Å². The molecule has 1 N–H and O–H groups in total. The van der Waals surface area contributed by atoms with Gasteiger partial charge in [0, 0.05) is 11.6 Å². The Labute approximate surface area is 127 Å². The largest absolute Gasteiger partial charge is 0.497 e. The minimum Gasteiger partial charge on any atom is -0.497 e. The van der Waals surface area contributed by atoms with E-state index >= 15 is 0 Å². The Balaban J connectivity index is 2.22. The van der Waals surface area contributed by atoms with E-state index in [4.69, 9.17) is 9.15 Å². The summed E-state index contributed by atoms with van der Waals surface area (Å²) >= 11 is 0. The van der Waals surface area contributed by atoms with Crippen LogP contribution in [0.5, 0.6) is 5.75 Å². The molecule has 0 saturated heterocycles. The van der Waals surface area contributed by atoms with Gasteiger partial charge in [0.25, 0.3) is 0 Å². The molecule has 1 heterocycles. The zero-order valence-electron chi connectivity index (χ0n) is 12.4. The van der Waals surface area contributed by atoms with Gasteiger partial charge < -0.3 is 14.3 Å². The van der Waals surface area contributed by atoms with Crippen molar-refractivity contribution in [3.8, 4) is 17.1 Å². The summed E-state index contributed by atoms with van der Waals surface area (Å²) in [6.07, 6.45) is 0. The van der Waals surface area contributed by atoms with Gasteiger partial charge in [-0.25, -0.2) is 0 Å². The monoisotopic (exact) mass is 296 g/mol. The summed E-state index contributed by atoms with van der Waals surface area (Å²) in [5, 5.41) is 9.90. The number of hydrogen-bond acceptors (Lipinski definition) is 4. The van der Waals surface area contributed by atoms with Gasteiger partial charge in [-0.2, -0.15) is 0 Å². The first-order chi connectivity index (χ1) is 10.6. The van der Waals surface area contributed by atoms with Crippen molar-refractivity contribution in [2.45, 2.75) is 13.5 Å². The van der Waals surface area contributed by atoms with Gasteiger partial charge in [-0.05, 0) is 42.8 Å². The molecule has 0 spiro atoms. The highest BCUT2D eigenvalue weighted by molar-refractivity contribution is 5.79. The zero-order valence-corrected chi connectivity index (χ0v) is 12.4. The predicted molar refractivity (Wildman–Crippen MR) is 85.1 cm³/mol. The molecule has 3 aromatic rings. The van der Waals surface area contributed by atoms with Crippen LogP contribution in [-0.4, -0.2) is 12.2 Å². The molecule has 0 saturated carbocycles. The van der Waals surface area contributed by atoms with Crippen molar-refractivity contribution in [2.75, 3.05) is 7.11 Å². The fourth-order valence-corrected chi connectivity index (χ4v) is 2.42. The Morgan fingerprint density at radius 1 is 1.14 bits per heavy atom. The summed E-state index contributed by atoms with van der Waals surface area (Å²) in [6, 6.07) is 12.3. The summed E-state index contributed by atoms with van der Waals surface area (Å²) in [7, 11) is 1.56. The van der Waals surface area contributed by atoms with E-state index in [2.05, 4.69) is 0 Å². The Kier molecular flexibility index (Phi) is 3.69. The lowest BCUT2D eigenvalue weighted by atomic mass is 10.1. The normalized spacial score (nSPS) is 10.9. The molecule has 0 aliphatic rings. The van der Waals surface area contributed by atoms with Crippen molar-refractivity contribution in [3.05, 3.63) is 63.8 Å². The van der Waals surface area contributed by atoms with Crippen LogP contribution in [0.3, 0.4) is 0 Å². The minimum absolute atomic E-state index is 0.0895. The smallest absolute Gasteiger partial charge is 0.193 e. The standard InChI is InChI=1S/C18H16O4/c1-11-3-4-17-15(5-11)16(20)9-18(22-17)13-6-12(10-19)7-14(8-13)21-2/h3-9,19H,10H2,1-2H3. The van der Waals surface area contributed by atoms with Crippen LogP contribution in [0.15, 0.2) is 51.7 Å². The van der Waals surface area contributed by atoms with Gasteiger partial charge in [-0.15, -0.1) is 0 Å². The van der Waals surface area contributed by atoms with Crippen LogP contribution in [0.4, 0.5) is 0 Å². The van der Waals surface area contributed by atoms with Gasteiger partial charge in [0.05, 0.1) is 19.1 Å². The molecule has 0 fully saturated rings. The first-order valence-corrected chi connectivity index (χ1v) is 6.94. The maximum atomic E-state index is 12.3. The van der Waals surface area contributed by atoms with E-state index in [9.17, 15) is 9.90 Å². The van der Waals surface area contributed by atoms with E-state index in [0.717, 1.165) is 5.56 Å². The number of methoxy groups -OCH3 is 1. The van der Waals surface area contributed by atoms with E-state index < -0.39 is 0 Å². The molecule has 0 amide bonds. The van der Waals surface area contributed by atoms with Crippen LogP contribution in [0, 0.1) is 6.92 Å². The van der Waals surface area contributed by atoms with Crippen LogP contribution < -0.4 is 10.2 Å². The number of fused-ring (bicyclic) bond motifs is 1. The Morgan fingerprint density at radius 2 is 1.95 bits per heavy atom. The molecule has 0 radical (unpaired) electrons. The lowest BCUT2D eigenvalue weighted by Gasteiger charge is -2.08. The third-order valence-corrected chi connectivity index (χ3v) is 3.55. The molecule has 4 heteroatoms. The van der Waals surface area contributed by atoms with Crippen LogP contribution in [0.1, 0.15) is 11.1 Å². The number of aryl methyl sites for hydroxylation is 1. The summed E-state index contributed by atoms with van der Waals surface area (Å²) < 4.78 is 11.1. The molecule has 0 aliphatic carbocycles.